The van der Waals surface area contributed by atoms with Crippen LogP contribution < -0.4 is 10.2 Å². The number of hydrogen-bond donors (Lipinski definition) is 1. The van der Waals surface area contributed by atoms with E-state index in [1.165, 1.54) is 0 Å². The molecule has 7 heteroatoms. The number of amides is 1. The summed E-state index contributed by atoms with van der Waals surface area (Å²) in [6.07, 6.45) is 1.61. The van der Waals surface area contributed by atoms with E-state index in [-0.39, 0.29) is 11.4 Å². The molecule has 2 aliphatic rings. The van der Waals surface area contributed by atoms with Crippen LogP contribution in [-0.4, -0.2) is 53.5 Å². The van der Waals surface area contributed by atoms with Crippen LogP contribution in [0.1, 0.15) is 49.9 Å². The van der Waals surface area contributed by atoms with E-state index < -0.39 is 5.79 Å². The van der Waals surface area contributed by atoms with Crippen LogP contribution in [0, 0.1) is 6.92 Å². The molecule has 2 aliphatic heterocycles. The maximum Gasteiger partial charge on any atom is 0.270 e. The number of carbonyl (C=O) groups excluding carboxylic acids is 1. The summed E-state index contributed by atoms with van der Waals surface area (Å²) in [4.78, 5) is 23.3. The molecule has 0 saturated carbocycles. The Balaban J connectivity index is 1.73. The lowest BCUT2D eigenvalue weighted by atomic mass is 10.0. The van der Waals surface area contributed by atoms with Gasteiger partial charge >= 0.3 is 0 Å². The highest BCUT2D eigenvalue weighted by atomic mass is 16.7. The van der Waals surface area contributed by atoms with Crippen LogP contribution in [0.3, 0.4) is 0 Å². The van der Waals surface area contributed by atoms with Crippen LogP contribution >= 0.6 is 0 Å². The summed E-state index contributed by atoms with van der Waals surface area (Å²) in [6, 6.07) is 1.77. The highest BCUT2D eigenvalue weighted by Gasteiger charge is 2.40. The third-order valence-electron chi connectivity index (χ3n) is 4.21. The van der Waals surface area contributed by atoms with Gasteiger partial charge in [0.2, 0.25) is 0 Å². The smallest absolute Gasteiger partial charge is 0.270 e. The summed E-state index contributed by atoms with van der Waals surface area (Å²) in [5, 5.41) is 2.94. The van der Waals surface area contributed by atoms with Crippen LogP contribution in [0.2, 0.25) is 0 Å². The summed E-state index contributed by atoms with van der Waals surface area (Å²) >= 11 is 0. The maximum absolute atomic E-state index is 12.4. The average molecular weight is 334 g/mol. The third-order valence-corrected chi connectivity index (χ3v) is 4.21. The van der Waals surface area contributed by atoms with E-state index in [0.29, 0.717) is 24.7 Å². The number of nitrogens with zero attached hydrogens (tertiary/aromatic N) is 3. The zero-order valence-corrected chi connectivity index (χ0v) is 14.9. The summed E-state index contributed by atoms with van der Waals surface area (Å²) in [7, 11) is 0. The fourth-order valence-electron chi connectivity index (χ4n) is 3.10. The first-order valence-corrected chi connectivity index (χ1v) is 8.47. The maximum atomic E-state index is 12.4. The first-order chi connectivity index (χ1) is 11.3. The largest absolute Gasteiger partial charge is 0.356 e. The minimum atomic E-state index is -0.412. The van der Waals surface area contributed by atoms with Crippen molar-refractivity contribution in [2.75, 3.05) is 31.2 Å². The predicted molar refractivity (Wildman–Crippen MR) is 90.1 cm³/mol. The molecule has 0 radical (unpaired) electrons. The number of carbonyl (C=O) groups is 1. The van der Waals surface area contributed by atoms with E-state index in [4.69, 9.17) is 9.47 Å². The Hall–Kier alpha value is -1.73. The van der Waals surface area contributed by atoms with Crippen molar-refractivity contribution in [3.8, 4) is 0 Å². The number of anilines is 1. The molecule has 1 spiro atoms. The first kappa shape index (κ1) is 17.1. The van der Waals surface area contributed by atoms with Gasteiger partial charge in [0.25, 0.3) is 5.91 Å². The fraction of sp³-hybridized carbons (Fsp3) is 0.706. The van der Waals surface area contributed by atoms with E-state index in [9.17, 15) is 4.79 Å². The number of aromatic nitrogens is 2. The van der Waals surface area contributed by atoms with Gasteiger partial charge in [0.1, 0.15) is 17.3 Å². The highest BCUT2D eigenvalue weighted by Crippen LogP contribution is 2.32. The molecule has 0 aromatic carbocycles. The Morgan fingerprint density at radius 1 is 1.21 bits per heavy atom. The summed E-state index contributed by atoms with van der Waals surface area (Å²) in [5.41, 5.74) is 0.103. The Labute approximate surface area is 142 Å². The van der Waals surface area contributed by atoms with Gasteiger partial charge in [-0.2, -0.15) is 0 Å². The van der Waals surface area contributed by atoms with Gasteiger partial charge in [-0.05, 0) is 27.7 Å². The molecule has 3 rings (SSSR count). The number of piperidine rings is 1. The Kier molecular flexibility index (Phi) is 4.48. The number of aryl methyl sites for hydroxylation is 1. The Morgan fingerprint density at radius 2 is 1.83 bits per heavy atom. The third kappa shape index (κ3) is 3.84. The zero-order chi connectivity index (χ0) is 17.4. The molecule has 0 atom stereocenters. The molecule has 132 valence electrons. The van der Waals surface area contributed by atoms with Crippen molar-refractivity contribution in [1.29, 1.82) is 0 Å². The zero-order valence-electron chi connectivity index (χ0n) is 14.9. The van der Waals surface area contributed by atoms with E-state index in [1.54, 1.807) is 6.07 Å². The second-order valence-electron chi connectivity index (χ2n) is 7.46. The van der Waals surface area contributed by atoms with E-state index >= 15 is 0 Å². The van der Waals surface area contributed by atoms with Gasteiger partial charge in [0.15, 0.2) is 5.79 Å². The Morgan fingerprint density at radius 3 is 2.42 bits per heavy atom. The van der Waals surface area contributed by atoms with Crippen LogP contribution in [0.15, 0.2) is 6.07 Å². The summed E-state index contributed by atoms with van der Waals surface area (Å²) in [6.45, 7) is 10.6. The van der Waals surface area contributed by atoms with Crippen LogP contribution in [0.5, 0.6) is 0 Å². The molecule has 0 aliphatic carbocycles. The molecule has 1 aromatic heterocycles. The molecule has 24 heavy (non-hydrogen) atoms. The molecule has 1 N–H and O–H groups in total. The molecular weight excluding hydrogens is 308 g/mol. The van der Waals surface area contributed by atoms with Gasteiger partial charge in [0, 0.05) is 37.5 Å². The lowest BCUT2D eigenvalue weighted by Gasteiger charge is -2.38. The van der Waals surface area contributed by atoms with Gasteiger partial charge in [-0.3, -0.25) is 4.79 Å². The lowest BCUT2D eigenvalue weighted by molar-refractivity contribution is -0.169. The molecule has 0 bridgehead atoms. The van der Waals surface area contributed by atoms with Crippen molar-refractivity contribution in [2.24, 2.45) is 0 Å². The van der Waals surface area contributed by atoms with Crippen LogP contribution in [0.4, 0.5) is 5.82 Å². The van der Waals surface area contributed by atoms with Crippen LogP contribution in [0.25, 0.3) is 0 Å². The SMILES string of the molecule is Cc1nc(C(=O)NC(C)(C)C)cc(N2CCC3(CC2)OCCO3)n1. The van der Waals surface area contributed by atoms with Crippen LogP contribution in [-0.2, 0) is 9.47 Å². The van der Waals surface area contributed by atoms with Gasteiger partial charge in [-0.15, -0.1) is 0 Å². The van der Waals surface area contributed by atoms with Crippen molar-refractivity contribution < 1.29 is 14.3 Å². The second-order valence-corrected chi connectivity index (χ2v) is 7.46. The van der Waals surface area contributed by atoms with Gasteiger partial charge < -0.3 is 19.7 Å². The van der Waals surface area contributed by atoms with Crippen molar-refractivity contribution in [1.82, 2.24) is 15.3 Å². The topological polar surface area (TPSA) is 76.6 Å². The fourth-order valence-corrected chi connectivity index (χ4v) is 3.10. The van der Waals surface area contributed by atoms with Crippen molar-refractivity contribution in [3.63, 3.8) is 0 Å². The molecule has 7 nitrogen and oxygen atoms in total. The van der Waals surface area contributed by atoms with Gasteiger partial charge in [-0.25, -0.2) is 9.97 Å². The van der Waals surface area contributed by atoms with Crippen molar-refractivity contribution in [3.05, 3.63) is 17.6 Å². The number of rotatable bonds is 2. The summed E-state index contributed by atoms with van der Waals surface area (Å²) < 4.78 is 11.5. The first-order valence-electron chi connectivity index (χ1n) is 8.47. The number of hydrogen-bond acceptors (Lipinski definition) is 6. The molecule has 1 aromatic rings. The van der Waals surface area contributed by atoms with E-state index in [1.807, 2.05) is 27.7 Å². The number of ether oxygens (including phenoxy) is 2. The molecule has 0 unspecified atom stereocenters. The standard InChI is InChI=1S/C17H26N4O3/c1-12-18-13(15(22)20-16(2,3)4)11-14(19-12)21-7-5-17(6-8-21)23-9-10-24-17/h11H,5-10H2,1-4H3,(H,20,22). The number of nitrogens with one attached hydrogen (secondary N) is 1. The van der Waals surface area contributed by atoms with Crippen molar-refractivity contribution >= 4 is 11.7 Å². The summed E-state index contributed by atoms with van der Waals surface area (Å²) in [5.74, 6) is 0.796. The van der Waals surface area contributed by atoms with E-state index in [2.05, 4.69) is 20.2 Å². The second kappa shape index (κ2) is 6.29. The molecule has 3 heterocycles. The molecule has 1 amide bonds. The monoisotopic (exact) mass is 334 g/mol. The van der Waals surface area contributed by atoms with Crippen molar-refractivity contribution in [2.45, 2.75) is 51.9 Å². The van der Waals surface area contributed by atoms with Gasteiger partial charge in [-0.1, -0.05) is 0 Å². The highest BCUT2D eigenvalue weighted by molar-refractivity contribution is 5.93. The molecule has 2 fully saturated rings. The predicted octanol–water partition coefficient (Wildman–Crippen LogP) is 1.66. The molecule has 2 saturated heterocycles. The Bertz CT molecular complexity index is 611. The lowest BCUT2D eigenvalue weighted by Crippen LogP contribution is -2.45. The normalized spacial score (nSPS) is 20.4. The minimum absolute atomic E-state index is 0.176. The minimum Gasteiger partial charge on any atom is -0.356 e. The van der Waals surface area contributed by atoms with Gasteiger partial charge in [0.05, 0.1) is 13.2 Å². The average Bonchev–Trinajstić information content (AvgIpc) is 2.94. The van der Waals surface area contributed by atoms with E-state index in [0.717, 1.165) is 31.7 Å². The molecular formula is C17H26N4O3. The quantitative estimate of drug-likeness (QED) is 0.886.